The van der Waals surface area contributed by atoms with Gasteiger partial charge in [-0.25, -0.2) is 0 Å². The Morgan fingerprint density at radius 3 is 2.23 bits per heavy atom. The highest BCUT2D eigenvalue weighted by Gasteiger charge is 2.43. The summed E-state index contributed by atoms with van der Waals surface area (Å²) in [5.74, 6) is 2.61. The molecule has 0 aliphatic carbocycles. The molecule has 0 aromatic carbocycles. The quantitative estimate of drug-likeness (QED) is 0.206. The molecule has 0 fully saturated rings. The lowest BCUT2D eigenvalue weighted by molar-refractivity contribution is 0.0678. The van der Waals surface area contributed by atoms with Gasteiger partial charge in [-0.15, -0.1) is 0 Å². The molecule has 11 nitrogen and oxygen atoms in total. The number of aliphatic hydroxyl groups is 2. The predicted molar refractivity (Wildman–Crippen MR) is 119 cm³/mol. The van der Waals surface area contributed by atoms with Crippen LogP contribution >= 0.6 is 0 Å². The smallest absolute Gasteiger partial charge is 0.184 e. The lowest BCUT2D eigenvalue weighted by atomic mass is 9.85. The van der Waals surface area contributed by atoms with E-state index in [1.807, 2.05) is 6.92 Å². The van der Waals surface area contributed by atoms with Gasteiger partial charge in [-0.2, -0.15) is 0 Å². The summed E-state index contributed by atoms with van der Waals surface area (Å²) in [5, 5.41) is 28.0. The third-order valence-electron chi connectivity index (χ3n) is 5.46. The van der Waals surface area contributed by atoms with Crippen LogP contribution in [0.5, 0.6) is 5.75 Å². The number of hydrogen-bond acceptors (Lipinski definition) is 7. The summed E-state index contributed by atoms with van der Waals surface area (Å²) in [7, 11) is 1.54. The Bertz CT molecular complexity index is 1180. The van der Waals surface area contributed by atoms with Crippen molar-refractivity contribution in [3.05, 3.63) is 17.7 Å². The second-order valence-electron chi connectivity index (χ2n) is 7.40. The van der Waals surface area contributed by atoms with Crippen LogP contribution in [0.15, 0.2) is 12.1 Å². The van der Waals surface area contributed by atoms with Crippen molar-refractivity contribution in [3.63, 3.8) is 0 Å². The van der Waals surface area contributed by atoms with Gasteiger partial charge in [0.1, 0.15) is 34.3 Å². The second kappa shape index (κ2) is 7.11. The summed E-state index contributed by atoms with van der Waals surface area (Å²) in [5.41, 5.74) is 14.0. The van der Waals surface area contributed by atoms with Crippen LogP contribution in [0.25, 0.3) is 22.1 Å². The van der Waals surface area contributed by atoms with Crippen LogP contribution in [0.1, 0.15) is 19.4 Å². The number of aliphatic hydroxyl groups excluding tert-OH is 2. The van der Waals surface area contributed by atoms with Crippen molar-refractivity contribution in [2.45, 2.75) is 25.5 Å². The number of aromatic nitrogens is 4. The van der Waals surface area contributed by atoms with Crippen LogP contribution in [-0.2, 0) is 5.54 Å². The molecule has 0 radical (unpaired) electrons. The average Bonchev–Trinajstić information content (AvgIpc) is 3.38. The number of H-pyrrole nitrogens is 4. The van der Waals surface area contributed by atoms with Crippen LogP contribution in [-0.4, -0.2) is 56.5 Å². The van der Waals surface area contributed by atoms with Gasteiger partial charge in [0.05, 0.1) is 36.4 Å². The summed E-state index contributed by atoms with van der Waals surface area (Å²) in [6.07, 6.45) is -1.00. The molecule has 4 heterocycles. The topological polar surface area (TPSA) is 189 Å². The number of anilines is 4. The van der Waals surface area contributed by atoms with E-state index in [0.717, 1.165) is 11.0 Å². The van der Waals surface area contributed by atoms with E-state index in [2.05, 4.69) is 30.6 Å². The number of hydrogen-bond donors (Lipinski definition) is 10. The number of aromatic amines is 4. The van der Waals surface area contributed by atoms with Gasteiger partial charge in [-0.3, -0.25) is 0 Å². The van der Waals surface area contributed by atoms with E-state index in [1.165, 1.54) is 7.11 Å². The minimum absolute atomic E-state index is 0.410. The Balaban J connectivity index is 1.92. The monoisotopic (exact) mass is 416 g/mol. The number of fused-ring (bicyclic) bond motifs is 2. The van der Waals surface area contributed by atoms with E-state index in [4.69, 9.17) is 16.2 Å². The molecule has 12 N–H and O–H groups in total. The zero-order valence-electron chi connectivity index (χ0n) is 17.1. The van der Waals surface area contributed by atoms with Crippen molar-refractivity contribution in [1.82, 2.24) is 19.9 Å². The third-order valence-corrected chi connectivity index (χ3v) is 5.46. The van der Waals surface area contributed by atoms with Gasteiger partial charge in [0.2, 0.25) is 0 Å². The summed E-state index contributed by atoms with van der Waals surface area (Å²) < 4.78 is 5.57. The molecule has 0 amide bonds. The molecule has 0 spiro atoms. The number of nitrogens with two attached hydrogens (primary N) is 2. The van der Waals surface area contributed by atoms with Gasteiger partial charge in [0, 0.05) is 24.2 Å². The predicted octanol–water partition coefficient (Wildman–Crippen LogP) is 1.59. The number of nitrogens with one attached hydrogen (secondary N) is 6. The molecule has 0 saturated carbocycles. The van der Waals surface area contributed by atoms with Gasteiger partial charge in [-0.05, 0) is 13.8 Å². The largest absolute Gasteiger partial charge is 0.491 e. The van der Waals surface area contributed by atoms with Gasteiger partial charge in [0.15, 0.2) is 5.75 Å². The fourth-order valence-corrected chi connectivity index (χ4v) is 4.06. The summed E-state index contributed by atoms with van der Waals surface area (Å²) in [4.78, 5) is 12.7. The Morgan fingerprint density at radius 2 is 1.67 bits per heavy atom. The maximum Gasteiger partial charge on any atom is 0.184 e. The minimum Gasteiger partial charge on any atom is -0.491 e. The molecule has 0 aliphatic heterocycles. The molecular weight excluding hydrogens is 388 g/mol. The summed E-state index contributed by atoms with van der Waals surface area (Å²) in [6.45, 7) is 3.81. The molecule has 0 bridgehead atoms. The van der Waals surface area contributed by atoms with Crippen molar-refractivity contribution in [1.29, 1.82) is 0 Å². The Labute approximate surface area is 172 Å². The second-order valence-corrected chi connectivity index (χ2v) is 7.40. The standard InChI is InChI=1S/C19H28N8O3/c1-4-22-17-13(14-9(23-17)5-11(20)25-14)19(7-28,8(2)29)27-18-16(30-3)15-10(24-18)6-12(21)26-15/h5-6,8,22-29H,4,7,20-21H2,1-3H3. The number of rotatable bonds is 8. The van der Waals surface area contributed by atoms with E-state index in [1.54, 1.807) is 19.1 Å². The fraction of sp³-hybridized carbons (Fsp3) is 0.368. The van der Waals surface area contributed by atoms with Gasteiger partial charge >= 0.3 is 0 Å². The molecule has 162 valence electrons. The maximum atomic E-state index is 10.9. The molecule has 4 aromatic heterocycles. The maximum absolute atomic E-state index is 10.9. The molecule has 0 aliphatic rings. The molecule has 2 atom stereocenters. The van der Waals surface area contributed by atoms with Crippen molar-refractivity contribution in [2.24, 2.45) is 0 Å². The Hall–Kier alpha value is -3.44. The van der Waals surface area contributed by atoms with Crippen LogP contribution in [0, 0.1) is 0 Å². The van der Waals surface area contributed by atoms with Gasteiger partial charge in [-0.1, -0.05) is 0 Å². The summed E-state index contributed by atoms with van der Waals surface area (Å²) >= 11 is 0. The highest BCUT2D eigenvalue weighted by atomic mass is 16.5. The van der Waals surface area contributed by atoms with E-state index in [-0.39, 0.29) is 0 Å². The fourth-order valence-electron chi connectivity index (χ4n) is 4.06. The molecule has 30 heavy (non-hydrogen) atoms. The zero-order valence-corrected chi connectivity index (χ0v) is 17.1. The number of ether oxygens (including phenoxy) is 1. The SMILES string of the molecule is CCNc1[nH]c2cc(N)[nH]c2c1C(CO)(Nc1[nH]c2cc(N)[nH]c2c1OC)C(C)O. The van der Waals surface area contributed by atoms with Crippen LogP contribution in [0.3, 0.4) is 0 Å². The van der Waals surface area contributed by atoms with E-state index >= 15 is 0 Å². The van der Waals surface area contributed by atoms with Crippen molar-refractivity contribution in [3.8, 4) is 5.75 Å². The highest BCUT2D eigenvalue weighted by molar-refractivity contribution is 5.94. The molecule has 2 unspecified atom stereocenters. The summed E-state index contributed by atoms with van der Waals surface area (Å²) in [6, 6.07) is 3.52. The first-order chi connectivity index (χ1) is 14.3. The number of nitrogen functional groups attached to an aromatic ring is 2. The van der Waals surface area contributed by atoms with Crippen molar-refractivity contribution >= 4 is 45.3 Å². The van der Waals surface area contributed by atoms with Crippen LogP contribution < -0.4 is 26.8 Å². The zero-order chi connectivity index (χ0) is 21.6. The molecular formula is C19H28N8O3. The lowest BCUT2D eigenvalue weighted by Crippen LogP contribution is -2.49. The Kier molecular flexibility index (Phi) is 4.71. The molecule has 11 heteroatoms. The van der Waals surface area contributed by atoms with E-state index in [0.29, 0.717) is 52.2 Å². The van der Waals surface area contributed by atoms with Gasteiger partial charge < -0.3 is 57.0 Å². The van der Waals surface area contributed by atoms with E-state index < -0.39 is 18.2 Å². The first kappa shape index (κ1) is 19.9. The molecule has 0 saturated heterocycles. The van der Waals surface area contributed by atoms with E-state index in [9.17, 15) is 10.2 Å². The lowest BCUT2D eigenvalue weighted by Gasteiger charge is -2.37. The first-order valence-corrected chi connectivity index (χ1v) is 9.70. The normalized spacial score (nSPS) is 14.8. The minimum atomic E-state index is -1.30. The van der Waals surface area contributed by atoms with Crippen LogP contribution in [0.4, 0.5) is 23.3 Å². The highest BCUT2D eigenvalue weighted by Crippen LogP contribution is 2.43. The average molecular weight is 416 g/mol. The molecule has 4 aromatic rings. The van der Waals surface area contributed by atoms with Crippen molar-refractivity contribution in [2.75, 3.05) is 42.4 Å². The Morgan fingerprint density at radius 1 is 1.07 bits per heavy atom. The number of methoxy groups -OCH3 is 1. The van der Waals surface area contributed by atoms with Crippen molar-refractivity contribution < 1.29 is 14.9 Å². The van der Waals surface area contributed by atoms with Gasteiger partial charge in [0.25, 0.3) is 0 Å². The van der Waals surface area contributed by atoms with Crippen LogP contribution in [0.2, 0.25) is 0 Å². The third kappa shape index (κ3) is 2.82. The molecule has 4 rings (SSSR count). The first-order valence-electron chi connectivity index (χ1n) is 9.70.